The predicted octanol–water partition coefficient (Wildman–Crippen LogP) is 9.30. The number of carbonyl (C=O) groups is 3. The molecule has 1 heterocycles. The van der Waals surface area contributed by atoms with Crippen LogP contribution in [0.5, 0.6) is 11.5 Å². The van der Waals surface area contributed by atoms with E-state index in [2.05, 4.69) is 50.0 Å². The Labute approximate surface area is 307 Å². The number of halogens is 1. The number of hydrogen-bond donors (Lipinski definition) is 1. The van der Waals surface area contributed by atoms with Gasteiger partial charge in [-0.15, -0.1) is 0 Å². The Morgan fingerprint density at radius 3 is 2.08 bits per heavy atom. The van der Waals surface area contributed by atoms with Crippen LogP contribution in [-0.4, -0.2) is 42.1 Å². The number of aryl methyl sites for hydroxylation is 2. The van der Waals surface area contributed by atoms with Crippen LogP contribution in [0.2, 0.25) is 5.02 Å². The molecule has 0 radical (unpaired) electrons. The van der Waals surface area contributed by atoms with E-state index < -0.39 is 5.92 Å². The molecular formula is C43H49ClN2O5. The van der Waals surface area contributed by atoms with Crippen molar-refractivity contribution in [2.75, 3.05) is 25.1 Å². The number of rotatable bonds is 10. The summed E-state index contributed by atoms with van der Waals surface area (Å²) in [5.74, 6) is -0.205. The van der Waals surface area contributed by atoms with Crippen LogP contribution in [0, 0.1) is 24.7 Å². The number of nitrogens with one attached hydrogen (secondary N) is 1. The van der Waals surface area contributed by atoms with Gasteiger partial charge in [-0.1, -0.05) is 87.3 Å². The van der Waals surface area contributed by atoms with Crippen molar-refractivity contribution in [1.82, 2.24) is 4.90 Å². The minimum absolute atomic E-state index is 0.0534. The second-order valence-corrected chi connectivity index (χ2v) is 16.2. The summed E-state index contributed by atoms with van der Waals surface area (Å²) in [5.41, 5.74) is 7.57. The first-order valence-corrected chi connectivity index (χ1v) is 18.3. The van der Waals surface area contributed by atoms with Gasteiger partial charge in [0.2, 0.25) is 0 Å². The molecule has 2 aliphatic carbocycles. The van der Waals surface area contributed by atoms with Gasteiger partial charge in [0.25, 0.3) is 5.91 Å². The van der Waals surface area contributed by atoms with Crippen molar-refractivity contribution >= 4 is 34.8 Å². The SMILES string of the molecule is CCOc1cc(C2C3=C(CC(C)(C)CC3=O)N(CCc3ccccc3)C3=C2C(=O)CC(C)(C)C3)cc(Cl)c1OCC(=O)Nc1ccc(C)cc1C. The molecule has 0 atom stereocenters. The van der Waals surface area contributed by atoms with E-state index >= 15 is 0 Å². The molecule has 8 heteroatoms. The van der Waals surface area contributed by atoms with Gasteiger partial charge in [-0.05, 0) is 85.8 Å². The fourth-order valence-corrected chi connectivity index (χ4v) is 8.25. The number of benzene rings is 3. The van der Waals surface area contributed by atoms with Crippen molar-refractivity contribution in [2.45, 2.75) is 86.5 Å². The summed E-state index contributed by atoms with van der Waals surface area (Å²) in [5, 5.41) is 3.16. The highest BCUT2D eigenvalue weighted by Gasteiger charge is 2.49. The number of carbonyl (C=O) groups excluding carboxylic acids is 3. The molecule has 3 aliphatic rings. The molecule has 1 aliphatic heterocycles. The Kier molecular flexibility index (Phi) is 10.2. The molecule has 0 unspecified atom stereocenters. The average molecular weight is 709 g/mol. The second kappa shape index (κ2) is 14.3. The van der Waals surface area contributed by atoms with Crippen LogP contribution in [0.15, 0.2) is 83.2 Å². The molecule has 1 N–H and O–H groups in total. The first kappa shape index (κ1) is 36.4. The van der Waals surface area contributed by atoms with Gasteiger partial charge in [0.1, 0.15) is 0 Å². The third-order valence-corrected chi connectivity index (χ3v) is 10.4. The van der Waals surface area contributed by atoms with Crippen LogP contribution in [0.3, 0.4) is 0 Å². The van der Waals surface area contributed by atoms with E-state index in [9.17, 15) is 14.4 Å². The van der Waals surface area contributed by atoms with Gasteiger partial charge in [-0.25, -0.2) is 0 Å². The van der Waals surface area contributed by atoms with E-state index in [0.717, 1.165) is 28.9 Å². The lowest BCUT2D eigenvalue weighted by Gasteiger charge is -2.49. The Balaban J connectivity index is 1.41. The number of hydrogen-bond acceptors (Lipinski definition) is 6. The third-order valence-electron chi connectivity index (χ3n) is 10.2. The summed E-state index contributed by atoms with van der Waals surface area (Å²) in [6.45, 7) is 15.1. The molecule has 0 bridgehead atoms. The number of allylic oxidation sites excluding steroid dienone is 4. The lowest BCUT2D eigenvalue weighted by atomic mass is 9.63. The highest BCUT2D eigenvalue weighted by Crippen LogP contribution is 2.55. The highest BCUT2D eigenvalue weighted by atomic mass is 35.5. The Morgan fingerprint density at radius 2 is 1.49 bits per heavy atom. The molecule has 1 amide bonds. The zero-order valence-electron chi connectivity index (χ0n) is 30.9. The van der Waals surface area contributed by atoms with Crippen LogP contribution in [0.4, 0.5) is 5.69 Å². The van der Waals surface area contributed by atoms with Crippen molar-refractivity contribution in [3.05, 3.63) is 110 Å². The lowest BCUT2D eigenvalue weighted by molar-refractivity contribution is -0.120. The number of ketones is 2. The molecule has 268 valence electrons. The van der Waals surface area contributed by atoms with Crippen molar-refractivity contribution in [2.24, 2.45) is 10.8 Å². The molecule has 0 fully saturated rings. The largest absolute Gasteiger partial charge is 0.490 e. The molecule has 0 spiro atoms. The van der Waals surface area contributed by atoms with Gasteiger partial charge >= 0.3 is 0 Å². The normalized spacial score (nSPS) is 18.4. The predicted molar refractivity (Wildman–Crippen MR) is 202 cm³/mol. The quantitative estimate of drug-likeness (QED) is 0.226. The van der Waals surface area contributed by atoms with Crippen LogP contribution in [0.25, 0.3) is 0 Å². The summed E-state index contributed by atoms with van der Waals surface area (Å²) >= 11 is 6.99. The zero-order chi connectivity index (χ0) is 36.7. The van der Waals surface area contributed by atoms with Crippen molar-refractivity contribution < 1.29 is 23.9 Å². The Bertz CT molecular complexity index is 1890. The summed E-state index contributed by atoms with van der Waals surface area (Å²) in [7, 11) is 0. The second-order valence-electron chi connectivity index (χ2n) is 15.8. The van der Waals surface area contributed by atoms with Crippen LogP contribution in [0.1, 0.15) is 88.5 Å². The van der Waals surface area contributed by atoms with Crippen molar-refractivity contribution in [3.63, 3.8) is 0 Å². The fraction of sp³-hybridized carbons (Fsp3) is 0.419. The fourth-order valence-electron chi connectivity index (χ4n) is 7.97. The maximum atomic E-state index is 14.3. The van der Waals surface area contributed by atoms with Crippen LogP contribution >= 0.6 is 11.6 Å². The van der Waals surface area contributed by atoms with Gasteiger partial charge in [0, 0.05) is 53.5 Å². The van der Waals surface area contributed by atoms with Crippen molar-refractivity contribution in [3.8, 4) is 11.5 Å². The van der Waals surface area contributed by atoms with E-state index in [4.69, 9.17) is 21.1 Å². The molecule has 3 aromatic carbocycles. The number of anilines is 1. The first-order valence-electron chi connectivity index (χ1n) is 18.0. The van der Waals surface area contributed by atoms with E-state index in [1.807, 2.05) is 63.2 Å². The van der Waals surface area contributed by atoms with Crippen molar-refractivity contribution in [1.29, 1.82) is 0 Å². The van der Waals surface area contributed by atoms with E-state index in [-0.39, 0.29) is 45.7 Å². The lowest BCUT2D eigenvalue weighted by Crippen LogP contribution is -2.45. The van der Waals surface area contributed by atoms with Gasteiger partial charge in [-0.3, -0.25) is 14.4 Å². The number of amides is 1. The van der Waals surface area contributed by atoms with Crippen LogP contribution < -0.4 is 14.8 Å². The van der Waals surface area contributed by atoms with Gasteiger partial charge in [0.05, 0.1) is 11.6 Å². The van der Waals surface area contributed by atoms with E-state index in [1.165, 1.54) is 5.56 Å². The minimum Gasteiger partial charge on any atom is -0.490 e. The third kappa shape index (κ3) is 7.79. The maximum Gasteiger partial charge on any atom is 0.262 e. The average Bonchev–Trinajstić information content (AvgIpc) is 3.04. The Morgan fingerprint density at radius 1 is 0.863 bits per heavy atom. The summed E-state index contributed by atoms with van der Waals surface area (Å²) in [6, 6.07) is 19.8. The number of Topliss-reactive ketones (excluding diaryl/α,β-unsaturated/α-hetero) is 2. The molecule has 0 saturated heterocycles. The molecule has 7 nitrogen and oxygen atoms in total. The van der Waals surface area contributed by atoms with Gasteiger partial charge < -0.3 is 19.7 Å². The molecular weight excluding hydrogens is 660 g/mol. The first-order chi connectivity index (χ1) is 24.2. The van der Waals surface area contributed by atoms with Crippen LogP contribution in [-0.2, 0) is 20.8 Å². The van der Waals surface area contributed by atoms with E-state index in [1.54, 1.807) is 6.07 Å². The topological polar surface area (TPSA) is 84.9 Å². The standard InChI is InChI=1S/C43H49ClN2O5/c1-8-50-36-20-29(19-30(44)41(36)51-25-37(49)45-31-15-14-26(2)18-27(31)3)38-39-32(21-42(4,5)23-34(39)47)46(17-16-28-12-10-9-11-13-28)33-22-43(6,7)24-35(48)40(33)38/h9-15,18-20,38H,8,16-17,21-25H2,1-7H3,(H,45,49). The molecule has 6 rings (SSSR count). The molecule has 3 aromatic rings. The number of nitrogens with zero attached hydrogens (tertiary/aromatic N) is 1. The van der Waals surface area contributed by atoms with Gasteiger partial charge in [0.15, 0.2) is 29.7 Å². The monoisotopic (exact) mass is 708 g/mol. The minimum atomic E-state index is -0.589. The molecule has 51 heavy (non-hydrogen) atoms. The number of ether oxygens (including phenoxy) is 2. The van der Waals surface area contributed by atoms with Gasteiger partial charge in [-0.2, -0.15) is 0 Å². The molecule has 0 saturated carbocycles. The maximum absolute atomic E-state index is 14.3. The molecule has 0 aromatic heterocycles. The Hall–Kier alpha value is -4.36. The summed E-state index contributed by atoms with van der Waals surface area (Å²) < 4.78 is 12.1. The summed E-state index contributed by atoms with van der Waals surface area (Å²) in [4.78, 5) is 44.0. The summed E-state index contributed by atoms with van der Waals surface area (Å²) in [6.07, 6.45) is 2.99. The van der Waals surface area contributed by atoms with E-state index in [0.29, 0.717) is 67.0 Å². The zero-order valence-corrected chi connectivity index (χ0v) is 31.6. The smallest absolute Gasteiger partial charge is 0.262 e. The highest BCUT2D eigenvalue weighted by molar-refractivity contribution is 6.32.